The number of Topliss-reactive ketones (excluding diaryl/α,β-unsaturated/α-hetero) is 1. The maximum absolute atomic E-state index is 11.4. The Morgan fingerprint density at radius 1 is 1.50 bits per heavy atom. The lowest BCUT2D eigenvalue weighted by atomic mass is 10.0. The van der Waals surface area contributed by atoms with E-state index in [4.69, 9.17) is 0 Å². The van der Waals surface area contributed by atoms with Gasteiger partial charge in [-0.05, 0) is 26.3 Å². The van der Waals surface area contributed by atoms with E-state index in [1.807, 2.05) is 6.92 Å². The first-order chi connectivity index (χ1) is 7.63. The van der Waals surface area contributed by atoms with Crippen LogP contribution in [0.25, 0.3) is 10.2 Å². The number of hydrogen-bond donors (Lipinski definition) is 0. The third-order valence-electron chi connectivity index (χ3n) is 2.78. The van der Waals surface area contributed by atoms with E-state index in [9.17, 15) is 4.79 Å². The Kier molecular flexibility index (Phi) is 3.01. The van der Waals surface area contributed by atoms with Crippen molar-refractivity contribution in [2.75, 3.05) is 0 Å². The molecule has 2 heterocycles. The standard InChI is InChI=1S/C12H14N2OS/c1-4-9-5-10-11(7(2)8(3)15)13-6-14-12(10)16-9/h5-7H,4H2,1-3H3. The molecule has 0 radical (unpaired) electrons. The first kappa shape index (κ1) is 11.2. The topological polar surface area (TPSA) is 42.9 Å². The molecule has 0 saturated carbocycles. The molecule has 0 aromatic carbocycles. The highest BCUT2D eigenvalue weighted by molar-refractivity contribution is 7.18. The highest BCUT2D eigenvalue weighted by Gasteiger charge is 2.17. The lowest BCUT2D eigenvalue weighted by Crippen LogP contribution is -2.06. The van der Waals surface area contributed by atoms with Gasteiger partial charge in [0.15, 0.2) is 0 Å². The van der Waals surface area contributed by atoms with Gasteiger partial charge in [0.1, 0.15) is 16.9 Å². The van der Waals surface area contributed by atoms with Crippen LogP contribution >= 0.6 is 11.3 Å². The molecule has 1 unspecified atom stereocenters. The molecule has 0 aliphatic carbocycles. The quantitative estimate of drug-likeness (QED) is 0.820. The average molecular weight is 234 g/mol. The molecule has 2 aromatic heterocycles. The normalized spacial score (nSPS) is 12.9. The molecule has 0 amide bonds. The summed E-state index contributed by atoms with van der Waals surface area (Å²) < 4.78 is 0. The Morgan fingerprint density at radius 3 is 2.88 bits per heavy atom. The van der Waals surface area contributed by atoms with E-state index in [-0.39, 0.29) is 11.7 Å². The number of aromatic nitrogens is 2. The van der Waals surface area contributed by atoms with Crippen molar-refractivity contribution in [3.8, 4) is 0 Å². The van der Waals surface area contributed by atoms with Gasteiger partial charge in [-0.1, -0.05) is 6.92 Å². The first-order valence-electron chi connectivity index (χ1n) is 5.37. The van der Waals surface area contributed by atoms with Gasteiger partial charge >= 0.3 is 0 Å². The highest BCUT2D eigenvalue weighted by Crippen LogP contribution is 2.29. The second kappa shape index (κ2) is 4.29. The van der Waals surface area contributed by atoms with Crippen LogP contribution in [0.5, 0.6) is 0 Å². The number of hydrogen-bond acceptors (Lipinski definition) is 4. The van der Waals surface area contributed by atoms with Crippen LogP contribution in [-0.4, -0.2) is 15.8 Å². The van der Waals surface area contributed by atoms with Gasteiger partial charge in [-0.15, -0.1) is 11.3 Å². The van der Waals surface area contributed by atoms with Gasteiger partial charge in [-0.25, -0.2) is 9.97 Å². The molecule has 0 N–H and O–H groups in total. The minimum atomic E-state index is -0.148. The molecule has 2 rings (SSSR count). The zero-order chi connectivity index (χ0) is 11.7. The van der Waals surface area contributed by atoms with Crippen molar-refractivity contribution >= 4 is 27.3 Å². The number of rotatable bonds is 3. The summed E-state index contributed by atoms with van der Waals surface area (Å²) in [6.45, 7) is 5.62. The largest absolute Gasteiger partial charge is 0.299 e. The van der Waals surface area contributed by atoms with Crippen LogP contribution in [0.1, 0.15) is 37.3 Å². The summed E-state index contributed by atoms with van der Waals surface area (Å²) in [5, 5.41) is 1.03. The molecular formula is C12H14N2OS. The maximum Gasteiger partial charge on any atom is 0.138 e. The van der Waals surface area contributed by atoms with Gasteiger partial charge in [-0.3, -0.25) is 4.79 Å². The third-order valence-corrected chi connectivity index (χ3v) is 3.97. The van der Waals surface area contributed by atoms with E-state index in [1.165, 1.54) is 4.88 Å². The summed E-state index contributed by atoms with van der Waals surface area (Å²) in [5.74, 6) is -0.00551. The van der Waals surface area contributed by atoms with Gasteiger partial charge in [-0.2, -0.15) is 0 Å². The zero-order valence-corrected chi connectivity index (χ0v) is 10.5. The monoisotopic (exact) mass is 234 g/mol. The van der Waals surface area contributed by atoms with Crippen molar-refractivity contribution in [1.82, 2.24) is 9.97 Å². The predicted octanol–water partition coefficient (Wildman–Crippen LogP) is 2.95. The van der Waals surface area contributed by atoms with Gasteiger partial charge in [0, 0.05) is 10.3 Å². The predicted molar refractivity (Wildman–Crippen MR) is 65.9 cm³/mol. The molecular weight excluding hydrogens is 220 g/mol. The number of nitrogens with zero attached hydrogens (tertiary/aromatic N) is 2. The molecule has 2 aromatic rings. The SMILES string of the molecule is CCc1cc2c(C(C)C(C)=O)ncnc2s1. The van der Waals surface area contributed by atoms with Crippen molar-refractivity contribution in [3.63, 3.8) is 0 Å². The van der Waals surface area contributed by atoms with E-state index in [1.54, 1.807) is 24.6 Å². The number of ketones is 1. The second-order valence-corrected chi connectivity index (χ2v) is 4.99. The van der Waals surface area contributed by atoms with Gasteiger partial charge in [0.2, 0.25) is 0 Å². The molecule has 0 aliphatic heterocycles. The Bertz CT molecular complexity index is 533. The zero-order valence-electron chi connectivity index (χ0n) is 9.65. The van der Waals surface area contributed by atoms with Crippen molar-refractivity contribution < 1.29 is 4.79 Å². The lowest BCUT2D eigenvalue weighted by molar-refractivity contribution is -0.118. The number of carbonyl (C=O) groups excluding carboxylic acids is 1. The van der Waals surface area contributed by atoms with Crippen molar-refractivity contribution in [2.24, 2.45) is 0 Å². The van der Waals surface area contributed by atoms with Gasteiger partial charge < -0.3 is 0 Å². The van der Waals surface area contributed by atoms with E-state index in [0.29, 0.717) is 0 Å². The van der Waals surface area contributed by atoms with Crippen LogP contribution in [0.15, 0.2) is 12.4 Å². The number of fused-ring (bicyclic) bond motifs is 1. The van der Waals surface area contributed by atoms with Crippen molar-refractivity contribution in [1.29, 1.82) is 0 Å². The molecule has 84 valence electrons. The fraction of sp³-hybridized carbons (Fsp3) is 0.417. The summed E-state index contributed by atoms with van der Waals surface area (Å²) in [4.78, 5) is 22.2. The number of carbonyl (C=O) groups is 1. The van der Waals surface area contributed by atoms with Crippen LogP contribution in [0, 0.1) is 0 Å². The number of aryl methyl sites for hydroxylation is 1. The molecule has 4 heteroatoms. The lowest BCUT2D eigenvalue weighted by Gasteiger charge is -2.06. The summed E-state index contributed by atoms with van der Waals surface area (Å²) in [7, 11) is 0. The fourth-order valence-corrected chi connectivity index (χ4v) is 2.58. The van der Waals surface area contributed by atoms with Crippen LogP contribution in [-0.2, 0) is 11.2 Å². The van der Waals surface area contributed by atoms with Gasteiger partial charge in [0.05, 0.1) is 11.6 Å². The van der Waals surface area contributed by atoms with E-state index in [0.717, 1.165) is 22.3 Å². The smallest absolute Gasteiger partial charge is 0.138 e. The first-order valence-corrected chi connectivity index (χ1v) is 6.19. The molecule has 0 bridgehead atoms. The van der Waals surface area contributed by atoms with Crippen LogP contribution < -0.4 is 0 Å². The van der Waals surface area contributed by atoms with Crippen LogP contribution in [0.4, 0.5) is 0 Å². The Hall–Kier alpha value is -1.29. The van der Waals surface area contributed by atoms with Crippen LogP contribution in [0.3, 0.4) is 0 Å². The number of thiophene rings is 1. The Morgan fingerprint density at radius 2 is 2.25 bits per heavy atom. The molecule has 3 nitrogen and oxygen atoms in total. The highest BCUT2D eigenvalue weighted by atomic mass is 32.1. The fourth-order valence-electron chi connectivity index (χ4n) is 1.64. The van der Waals surface area contributed by atoms with E-state index < -0.39 is 0 Å². The molecule has 0 aliphatic rings. The molecule has 1 atom stereocenters. The van der Waals surface area contributed by atoms with Gasteiger partial charge in [0.25, 0.3) is 0 Å². The van der Waals surface area contributed by atoms with Crippen LogP contribution in [0.2, 0.25) is 0 Å². The average Bonchev–Trinajstić information content (AvgIpc) is 2.70. The minimum absolute atomic E-state index is 0.143. The van der Waals surface area contributed by atoms with E-state index in [2.05, 4.69) is 23.0 Å². The molecule has 0 saturated heterocycles. The summed E-state index contributed by atoms with van der Waals surface area (Å²) >= 11 is 1.68. The summed E-state index contributed by atoms with van der Waals surface area (Å²) in [6.07, 6.45) is 2.54. The summed E-state index contributed by atoms with van der Waals surface area (Å²) in [6, 6.07) is 2.11. The van der Waals surface area contributed by atoms with E-state index >= 15 is 0 Å². The van der Waals surface area contributed by atoms with Crippen molar-refractivity contribution in [3.05, 3.63) is 23.0 Å². The maximum atomic E-state index is 11.4. The molecule has 16 heavy (non-hydrogen) atoms. The third kappa shape index (κ3) is 1.85. The Balaban J connectivity index is 2.60. The molecule has 0 spiro atoms. The molecule has 0 fully saturated rings. The Labute approximate surface area is 98.5 Å². The van der Waals surface area contributed by atoms with Crippen molar-refractivity contribution in [2.45, 2.75) is 33.1 Å². The second-order valence-electron chi connectivity index (χ2n) is 3.88. The minimum Gasteiger partial charge on any atom is -0.299 e. The summed E-state index contributed by atoms with van der Waals surface area (Å²) in [5.41, 5.74) is 0.855.